The molecule has 2 rings (SSSR count). The molecule has 0 spiro atoms. The van der Waals surface area contributed by atoms with E-state index in [1.807, 2.05) is 0 Å². The van der Waals surface area contributed by atoms with E-state index < -0.39 is 10.0 Å². The number of primary sulfonamides is 1. The summed E-state index contributed by atoms with van der Waals surface area (Å²) >= 11 is 0. The molecule has 2 heterocycles. The molecule has 0 aliphatic rings. The average Bonchev–Trinajstić information content (AvgIpc) is 2.67. The first-order valence-electron chi connectivity index (χ1n) is 3.97. The van der Waals surface area contributed by atoms with Gasteiger partial charge in [0.1, 0.15) is 0 Å². The van der Waals surface area contributed by atoms with Gasteiger partial charge in [-0.1, -0.05) is 0 Å². The van der Waals surface area contributed by atoms with Gasteiger partial charge in [-0.25, -0.2) is 13.6 Å². The summed E-state index contributed by atoms with van der Waals surface area (Å²) in [5.74, 6) is 0. The number of rotatable bonds is 2. The van der Waals surface area contributed by atoms with Gasteiger partial charge >= 0.3 is 0 Å². The minimum atomic E-state index is -3.87. The quantitative estimate of drug-likeness (QED) is 0.796. The van der Waals surface area contributed by atoms with Crippen LogP contribution >= 0.6 is 0 Å². The third kappa shape index (κ3) is 1.88. The molecule has 2 N–H and O–H groups in total. The molecule has 2 aromatic rings. The Kier molecular flexibility index (Phi) is 2.25. The molecule has 15 heavy (non-hydrogen) atoms. The van der Waals surface area contributed by atoms with Crippen LogP contribution in [0.3, 0.4) is 0 Å². The van der Waals surface area contributed by atoms with E-state index in [4.69, 9.17) is 9.56 Å². The fourth-order valence-electron chi connectivity index (χ4n) is 1.15. The van der Waals surface area contributed by atoms with E-state index in [-0.39, 0.29) is 5.09 Å². The minimum absolute atomic E-state index is 0.303. The molecule has 0 amide bonds. The van der Waals surface area contributed by atoms with Crippen LogP contribution in [0.2, 0.25) is 0 Å². The molecule has 78 valence electrons. The van der Waals surface area contributed by atoms with Crippen molar-refractivity contribution in [2.75, 3.05) is 0 Å². The fraction of sp³-hybridized carbons (Fsp3) is 0. The molecule has 0 saturated carbocycles. The summed E-state index contributed by atoms with van der Waals surface area (Å²) in [4.78, 5) is 0. The molecule has 0 aliphatic carbocycles. The summed E-state index contributed by atoms with van der Waals surface area (Å²) in [6, 6.07) is 4.73. The second-order valence-electron chi connectivity index (χ2n) is 2.78. The van der Waals surface area contributed by atoms with E-state index in [9.17, 15) is 8.42 Å². The zero-order chi connectivity index (χ0) is 10.9. The normalized spacial score (nSPS) is 11.5. The highest BCUT2D eigenvalue weighted by Gasteiger charge is 2.19. The molecule has 7 heteroatoms. The maximum absolute atomic E-state index is 11.1. The van der Waals surface area contributed by atoms with Crippen LogP contribution in [0, 0.1) is 0 Å². The van der Waals surface area contributed by atoms with E-state index in [0.717, 1.165) is 0 Å². The van der Waals surface area contributed by atoms with Crippen LogP contribution in [0.25, 0.3) is 11.3 Å². The lowest BCUT2D eigenvalue weighted by Gasteiger charge is -1.97. The maximum Gasteiger partial charge on any atom is 0.272 e. The van der Waals surface area contributed by atoms with Crippen LogP contribution in [-0.4, -0.2) is 18.6 Å². The molecule has 0 aromatic carbocycles. The van der Waals surface area contributed by atoms with E-state index >= 15 is 0 Å². The molecule has 0 radical (unpaired) electrons. The molecule has 0 fully saturated rings. The van der Waals surface area contributed by atoms with Crippen LogP contribution in [0.5, 0.6) is 0 Å². The molecule has 0 unspecified atom stereocenters. The van der Waals surface area contributed by atoms with Gasteiger partial charge in [-0.15, -0.1) is 0 Å². The predicted octanol–water partition coefficient (Wildman–Crippen LogP) is 0.384. The minimum Gasteiger partial charge on any atom is -0.451 e. The molecule has 2 aromatic heterocycles. The van der Waals surface area contributed by atoms with Crippen LogP contribution < -0.4 is 5.14 Å². The standard InChI is InChI=1S/C8H7N3O3S/c9-15(12,13)8-6(3-5-14-8)7-2-1-4-10-11-7/h1-5H,(H2,9,12,13). The van der Waals surface area contributed by atoms with Crippen molar-refractivity contribution in [2.45, 2.75) is 5.09 Å². The summed E-state index contributed by atoms with van der Waals surface area (Å²) in [7, 11) is -3.87. The Hall–Kier alpha value is -1.73. The number of hydrogen-bond donors (Lipinski definition) is 1. The number of furan rings is 1. The molecule has 0 aliphatic heterocycles. The van der Waals surface area contributed by atoms with Crippen molar-refractivity contribution in [3.63, 3.8) is 0 Å². The first kappa shape index (κ1) is 9.81. The van der Waals surface area contributed by atoms with Gasteiger partial charge in [-0.05, 0) is 18.2 Å². The SMILES string of the molecule is NS(=O)(=O)c1occc1-c1cccnn1. The highest BCUT2D eigenvalue weighted by Crippen LogP contribution is 2.25. The third-order valence-corrected chi connectivity index (χ3v) is 2.57. The molecule has 0 bridgehead atoms. The zero-order valence-corrected chi connectivity index (χ0v) is 8.31. The zero-order valence-electron chi connectivity index (χ0n) is 7.49. The summed E-state index contributed by atoms with van der Waals surface area (Å²) in [5.41, 5.74) is 0.709. The van der Waals surface area contributed by atoms with Gasteiger partial charge in [0, 0.05) is 6.20 Å². The summed E-state index contributed by atoms with van der Waals surface area (Å²) in [6.45, 7) is 0. The maximum atomic E-state index is 11.1. The lowest BCUT2D eigenvalue weighted by Crippen LogP contribution is -2.12. The first-order valence-corrected chi connectivity index (χ1v) is 5.52. The Morgan fingerprint density at radius 1 is 1.33 bits per heavy atom. The fourth-order valence-corrected chi connectivity index (χ4v) is 1.82. The monoisotopic (exact) mass is 225 g/mol. The van der Waals surface area contributed by atoms with Crippen LogP contribution in [0.4, 0.5) is 0 Å². The van der Waals surface area contributed by atoms with E-state index in [0.29, 0.717) is 11.3 Å². The molecule has 6 nitrogen and oxygen atoms in total. The van der Waals surface area contributed by atoms with Crippen LogP contribution in [0.1, 0.15) is 0 Å². The summed E-state index contributed by atoms with van der Waals surface area (Å²) in [5, 5.41) is 12.1. The molecular formula is C8H7N3O3S. The predicted molar refractivity (Wildman–Crippen MR) is 51.1 cm³/mol. The van der Waals surface area contributed by atoms with Crippen molar-refractivity contribution in [3.8, 4) is 11.3 Å². The largest absolute Gasteiger partial charge is 0.451 e. The van der Waals surface area contributed by atoms with Gasteiger partial charge in [0.2, 0.25) is 5.09 Å². The highest BCUT2D eigenvalue weighted by molar-refractivity contribution is 7.89. The lowest BCUT2D eigenvalue weighted by molar-refractivity contribution is 0.452. The van der Waals surface area contributed by atoms with Gasteiger partial charge in [-0.2, -0.15) is 10.2 Å². The van der Waals surface area contributed by atoms with Gasteiger partial charge < -0.3 is 4.42 Å². The van der Waals surface area contributed by atoms with E-state index in [1.165, 1.54) is 18.5 Å². The van der Waals surface area contributed by atoms with Crippen molar-refractivity contribution < 1.29 is 12.8 Å². The number of nitrogens with zero attached hydrogens (tertiary/aromatic N) is 2. The van der Waals surface area contributed by atoms with Gasteiger partial charge in [0.15, 0.2) is 0 Å². The van der Waals surface area contributed by atoms with E-state index in [2.05, 4.69) is 10.2 Å². The smallest absolute Gasteiger partial charge is 0.272 e. The Balaban J connectivity index is 2.61. The van der Waals surface area contributed by atoms with Crippen molar-refractivity contribution in [1.29, 1.82) is 0 Å². The van der Waals surface area contributed by atoms with Gasteiger partial charge in [0.25, 0.3) is 10.0 Å². The summed E-state index contributed by atoms with van der Waals surface area (Å²) in [6.07, 6.45) is 2.73. The highest BCUT2D eigenvalue weighted by atomic mass is 32.2. The van der Waals surface area contributed by atoms with Crippen LogP contribution in [0.15, 0.2) is 40.2 Å². The van der Waals surface area contributed by atoms with Crippen molar-refractivity contribution in [3.05, 3.63) is 30.7 Å². The van der Waals surface area contributed by atoms with Gasteiger partial charge in [-0.3, -0.25) is 0 Å². The van der Waals surface area contributed by atoms with E-state index in [1.54, 1.807) is 12.1 Å². The molecule has 0 atom stereocenters. The molecular weight excluding hydrogens is 218 g/mol. The number of sulfonamides is 1. The Morgan fingerprint density at radius 3 is 2.73 bits per heavy atom. The van der Waals surface area contributed by atoms with Crippen molar-refractivity contribution in [2.24, 2.45) is 5.14 Å². The van der Waals surface area contributed by atoms with Crippen molar-refractivity contribution >= 4 is 10.0 Å². The average molecular weight is 225 g/mol. The first-order chi connectivity index (χ1) is 7.09. The Morgan fingerprint density at radius 2 is 2.13 bits per heavy atom. The topological polar surface area (TPSA) is 99.1 Å². The van der Waals surface area contributed by atoms with Crippen molar-refractivity contribution in [1.82, 2.24) is 10.2 Å². The lowest BCUT2D eigenvalue weighted by atomic mass is 10.2. The number of hydrogen-bond acceptors (Lipinski definition) is 5. The van der Waals surface area contributed by atoms with Gasteiger partial charge in [0.05, 0.1) is 17.5 Å². The second-order valence-corrected chi connectivity index (χ2v) is 4.24. The summed E-state index contributed by atoms with van der Waals surface area (Å²) < 4.78 is 27.1. The number of nitrogens with two attached hydrogens (primary N) is 1. The Labute approximate surface area is 85.8 Å². The van der Waals surface area contributed by atoms with Crippen LogP contribution in [-0.2, 0) is 10.0 Å². The molecule has 0 saturated heterocycles. The Bertz CT molecular complexity index is 562. The second kappa shape index (κ2) is 3.44. The number of aromatic nitrogens is 2. The third-order valence-electron chi connectivity index (χ3n) is 1.74.